The van der Waals surface area contributed by atoms with E-state index in [9.17, 15) is 13.2 Å². The summed E-state index contributed by atoms with van der Waals surface area (Å²) in [7, 11) is -3.55. The molecule has 0 aliphatic carbocycles. The summed E-state index contributed by atoms with van der Waals surface area (Å²) >= 11 is 0. The molecule has 0 atom stereocenters. The van der Waals surface area contributed by atoms with Crippen molar-refractivity contribution in [3.05, 3.63) is 66.6 Å². The van der Waals surface area contributed by atoms with Crippen LogP contribution in [0.25, 0.3) is 10.8 Å². The number of hydrogen-bond donors (Lipinski definition) is 0. The number of ketones is 1. The molecule has 0 saturated carbocycles. The molecule has 3 aromatic rings. The molecule has 0 bridgehead atoms. The summed E-state index contributed by atoms with van der Waals surface area (Å²) in [6.07, 6.45) is 1.47. The number of Topliss-reactive ketones (excluding diaryl/α,β-unsaturated/α-hetero) is 1. The Morgan fingerprint density at radius 3 is 2.37 bits per heavy atom. The zero-order valence-corrected chi connectivity index (χ0v) is 15.6. The highest BCUT2D eigenvalue weighted by molar-refractivity contribution is 7.89. The summed E-state index contributed by atoms with van der Waals surface area (Å²) in [6.45, 7) is 1.98. The van der Waals surface area contributed by atoms with Gasteiger partial charge in [-0.25, -0.2) is 8.42 Å². The van der Waals surface area contributed by atoms with Crippen molar-refractivity contribution in [1.82, 2.24) is 9.21 Å². The fraction of sp³-hybridized carbons (Fsp3) is 0.250. The van der Waals surface area contributed by atoms with Gasteiger partial charge in [0.05, 0.1) is 17.7 Å². The summed E-state index contributed by atoms with van der Waals surface area (Å²) in [5.41, 5.74) is 0. The first kappa shape index (κ1) is 17.9. The molecule has 1 aliphatic rings. The topological polar surface area (TPSA) is 70.8 Å². The molecule has 2 aromatic carbocycles. The van der Waals surface area contributed by atoms with Crippen molar-refractivity contribution >= 4 is 26.6 Å². The van der Waals surface area contributed by atoms with E-state index in [0.29, 0.717) is 36.8 Å². The highest BCUT2D eigenvalue weighted by Gasteiger charge is 2.29. The van der Waals surface area contributed by atoms with Crippen molar-refractivity contribution in [3.63, 3.8) is 0 Å². The van der Waals surface area contributed by atoms with Gasteiger partial charge in [0.2, 0.25) is 15.8 Å². The quantitative estimate of drug-likeness (QED) is 0.633. The van der Waals surface area contributed by atoms with Crippen LogP contribution in [0.2, 0.25) is 0 Å². The van der Waals surface area contributed by atoms with Gasteiger partial charge >= 0.3 is 0 Å². The normalized spacial score (nSPS) is 16.6. The summed E-state index contributed by atoms with van der Waals surface area (Å²) in [5, 5.41) is 1.92. The second-order valence-electron chi connectivity index (χ2n) is 6.59. The average molecular weight is 384 g/mol. The molecule has 6 nitrogen and oxygen atoms in total. The largest absolute Gasteiger partial charge is 0.461 e. The Kier molecular flexibility index (Phi) is 4.82. The monoisotopic (exact) mass is 384 g/mol. The van der Waals surface area contributed by atoms with E-state index in [1.807, 2.05) is 35.2 Å². The number of carbonyl (C=O) groups excluding carboxylic acids is 1. The lowest BCUT2D eigenvalue weighted by Crippen LogP contribution is -2.49. The molecule has 140 valence electrons. The molecule has 0 N–H and O–H groups in total. The number of nitrogens with zero attached hydrogens (tertiary/aromatic N) is 2. The first-order valence-corrected chi connectivity index (χ1v) is 10.3. The lowest BCUT2D eigenvalue weighted by atomic mass is 10.1. The third-order valence-corrected chi connectivity index (χ3v) is 6.75. The van der Waals surface area contributed by atoms with E-state index in [4.69, 9.17) is 4.42 Å². The Hall–Kier alpha value is -2.48. The van der Waals surface area contributed by atoms with Crippen LogP contribution in [0.15, 0.2) is 70.2 Å². The van der Waals surface area contributed by atoms with Crippen molar-refractivity contribution in [2.45, 2.75) is 4.90 Å². The minimum absolute atomic E-state index is 0.0918. The highest BCUT2D eigenvalue weighted by atomic mass is 32.2. The van der Waals surface area contributed by atoms with Crippen LogP contribution in [0.3, 0.4) is 0 Å². The van der Waals surface area contributed by atoms with Gasteiger partial charge < -0.3 is 4.42 Å². The van der Waals surface area contributed by atoms with Gasteiger partial charge in [0.1, 0.15) is 0 Å². The van der Waals surface area contributed by atoms with Crippen molar-refractivity contribution in [2.24, 2.45) is 0 Å². The van der Waals surface area contributed by atoms with Gasteiger partial charge in [0.15, 0.2) is 5.76 Å². The predicted molar refractivity (Wildman–Crippen MR) is 102 cm³/mol. The molecule has 1 aliphatic heterocycles. The molecular formula is C20H20N2O4S. The van der Waals surface area contributed by atoms with Crippen molar-refractivity contribution < 1.29 is 17.6 Å². The van der Waals surface area contributed by atoms with Crippen molar-refractivity contribution in [1.29, 1.82) is 0 Å². The number of furan rings is 1. The molecule has 0 radical (unpaired) electrons. The van der Waals surface area contributed by atoms with Crippen molar-refractivity contribution in [2.75, 3.05) is 32.7 Å². The zero-order chi connectivity index (χ0) is 18.9. The first-order chi connectivity index (χ1) is 13.0. The minimum Gasteiger partial charge on any atom is -0.461 e. The van der Waals surface area contributed by atoms with E-state index in [1.54, 1.807) is 24.3 Å². The number of hydrogen-bond acceptors (Lipinski definition) is 5. The van der Waals surface area contributed by atoms with E-state index in [1.165, 1.54) is 10.6 Å². The number of fused-ring (bicyclic) bond motifs is 1. The number of rotatable bonds is 5. The Bertz CT molecular complexity index is 1050. The van der Waals surface area contributed by atoms with Crippen LogP contribution in [0.4, 0.5) is 0 Å². The smallest absolute Gasteiger partial charge is 0.243 e. The summed E-state index contributed by atoms with van der Waals surface area (Å²) < 4.78 is 32.6. The standard InChI is InChI=1S/C20H20N2O4S/c23-19(20-6-3-13-26-20)15-21-9-11-22(12-10-21)27(24,25)18-8-7-16-4-1-2-5-17(16)14-18/h1-8,13-14H,9-12,15H2. The maximum absolute atomic E-state index is 13.0. The van der Waals surface area contributed by atoms with E-state index in [-0.39, 0.29) is 12.3 Å². The van der Waals surface area contributed by atoms with Gasteiger partial charge in [-0.1, -0.05) is 30.3 Å². The van der Waals surface area contributed by atoms with Crippen LogP contribution >= 0.6 is 0 Å². The number of benzene rings is 2. The Morgan fingerprint density at radius 2 is 1.67 bits per heavy atom. The van der Waals surface area contributed by atoms with Gasteiger partial charge in [-0.3, -0.25) is 9.69 Å². The van der Waals surface area contributed by atoms with Crippen LogP contribution < -0.4 is 0 Å². The van der Waals surface area contributed by atoms with E-state index < -0.39 is 10.0 Å². The molecule has 7 heteroatoms. The fourth-order valence-corrected chi connectivity index (χ4v) is 4.78. The fourth-order valence-electron chi connectivity index (χ4n) is 3.32. The Labute approximate surface area is 158 Å². The van der Waals surface area contributed by atoms with Gasteiger partial charge in [-0.15, -0.1) is 0 Å². The lowest BCUT2D eigenvalue weighted by Gasteiger charge is -2.33. The van der Waals surface area contributed by atoms with Gasteiger partial charge in [0, 0.05) is 26.2 Å². The maximum atomic E-state index is 13.0. The van der Waals surface area contributed by atoms with Crippen molar-refractivity contribution in [3.8, 4) is 0 Å². The zero-order valence-electron chi connectivity index (χ0n) is 14.7. The average Bonchev–Trinajstić information content (AvgIpc) is 3.23. The van der Waals surface area contributed by atoms with Crippen LogP contribution in [-0.4, -0.2) is 56.1 Å². The lowest BCUT2D eigenvalue weighted by molar-refractivity contribution is 0.0874. The third kappa shape index (κ3) is 3.66. The third-order valence-electron chi connectivity index (χ3n) is 4.85. The Morgan fingerprint density at radius 1 is 0.926 bits per heavy atom. The van der Waals surface area contributed by atoms with E-state index in [0.717, 1.165) is 10.8 Å². The molecular weight excluding hydrogens is 364 g/mol. The molecule has 0 amide bonds. The van der Waals surface area contributed by atoms with E-state index in [2.05, 4.69) is 0 Å². The second-order valence-corrected chi connectivity index (χ2v) is 8.53. The van der Waals surface area contributed by atoms with Gasteiger partial charge in [-0.05, 0) is 35.0 Å². The van der Waals surface area contributed by atoms with Gasteiger partial charge in [0.25, 0.3) is 0 Å². The molecule has 2 heterocycles. The van der Waals surface area contributed by atoms with Crippen LogP contribution in [0, 0.1) is 0 Å². The highest BCUT2D eigenvalue weighted by Crippen LogP contribution is 2.23. The number of piperazine rings is 1. The van der Waals surface area contributed by atoms with Crippen LogP contribution in [0.1, 0.15) is 10.6 Å². The van der Waals surface area contributed by atoms with Crippen LogP contribution in [0.5, 0.6) is 0 Å². The first-order valence-electron chi connectivity index (χ1n) is 8.82. The molecule has 27 heavy (non-hydrogen) atoms. The summed E-state index contributed by atoms with van der Waals surface area (Å²) in [4.78, 5) is 14.4. The summed E-state index contributed by atoms with van der Waals surface area (Å²) in [6, 6.07) is 16.2. The van der Waals surface area contributed by atoms with Gasteiger partial charge in [-0.2, -0.15) is 4.31 Å². The second kappa shape index (κ2) is 7.26. The predicted octanol–water partition coefficient (Wildman–Crippen LogP) is 2.62. The molecule has 0 unspecified atom stereocenters. The summed E-state index contributed by atoms with van der Waals surface area (Å²) in [5.74, 6) is 0.243. The molecule has 0 spiro atoms. The van der Waals surface area contributed by atoms with Crippen LogP contribution in [-0.2, 0) is 10.0 Å². The molecule has 1 aromatic heterocycles. The Balaban J connectivity index is 1.44. The molecule has 4 rings (SSSR count). The molecule has 1 fully saturated rings. The molecule has 1 saturated heterocycles. The van der Waals surface area contributed by atoms with E-state index >= 15 is 0 Å². The number of carbonyl (C=O) groups is 1. The number of sulfonamides is 1. The SMILES string of the molecule is O=C(CN1CCN(S(=O)(=O)c2ccc3ccccc3c2)CC1)c1ccco1. The minimum atomic E-state index is -3.55. The maximum Gasteiger partial charge on any atom is 0.243 e.